The number of thiocarbonyl (C=S) groups is 1. The molecule has 0 unspecified atom stereocenters. The lowest BCUT2D eigenvalue weighted by Crippen LogP contribution is -2.47. The Morgan fingerprint density at radius 2 is 1.90 bits per heavy atom. The Balaban J connectivity index is 1.82. The predicted molar refractivity (Wildman–Crippen MR) is 112 cm³/mol. The molecule has 0 saturated carbocycles. The molecule has 8 nitrogen and oxygen atoms in total. The van der Waals surface area contributed by atoms with Crippen LogP contribution in [0.25, 0.3) is 0 Å². The number of imide groups is 1. The van der Waals surface area contributed by atoms with Crippen LogP contribution in [-0.4, -0.2) is 53.9 Å². The first-order valence-corrected chi connectivity index (χ1v) is 11.1. The van der Waals surface area contributed by atoms with Crippen LogP contribution in [0.4, 0.5) is 4.79 Å². The number of hydrogen-bond acceptors (Lipinski definition) is 6. The number of carbonyl (C=O) groups excluding carboxylic acids is 2. The maximum absolute atomic E-state index is 13.4. The van der Waals surface area contributed by atoms with Crippen molar-refractivity contribution >= 4 is 39.4 Å². The number of nitrogens with one attached hydrogen (secondary N) is 1. The number of carbonyl (C=O) groups is 2. The predicted octanol–water partition coefficient (Wildman–Crippen LogP) is 1.96. The molecule has 2 aromatic carbocycles. The van der Waals surface area contributed by atoms with Crippen LogP contribution in [0.1, 0.15) is 17.2 Å². The van der Waals surface area contributed by atoms with Crippen molar-refractivity contribution < 1.29 is 22.7 Å². The molecule has 2 aliphatic heterocycles. The van der Waals surface area contributed by atoms with Gasteiger partial charge in [-0.1, -0.05) is 48.0 Å². The number of benzene rings is 2. The summed E-state index contributed by atoms with van der Waals surface area (Å²) >= 11 is 5.35. The van der Waals surface area contributed by atoms with Crippen molar-refractivity contribution in [2.24, 2.45) is 0 Å². The summed E-state index contributed by atoms with van der Waals surface area (Å²) in [6.07, 6.45) is -0.750. The second-order valence-electron chi connectivity index (χ2n) is 7.00. The van der Waals surface area contributed by atoms with Crippen molar-refractivity contribution in [1.82, 2.24) is 14.5 Å². The molecule has 1 N–H and O–H groups in total. The lowest BCUT2D eigenvalue weighted by atomic mass is 9.98. The van der Waals surface area contributed by atoms with Gasteiger partial charge in [-0.25, -0.2) is 22.4 Å². The highest BCUT2D eigenvalue weighted by Crippen LogP contribution is 2.36. The number of cyclic esters (lactones) is 1. The fourth-order valence-corrected chi connectivity index (χ4v) is 5.72. The van der Waals surface area contributed by atoms with Crippen LogP contribution in [-0.2, 0) is 19.6 Å². The average molecular weight is 446 g/mol. The zero-order chi connectivity index (χ0) is 21.5. The standard InChI is InChI=1S/C20H19N3O5S2/c1-13-6-5-7-14(12-13)17-16(18(24)22-10-11-28-20(22)25)21-19(29)23(17)30(26,27)15-8-3-2-4-9-15/h2-9,12,16-17H,10-11H2,1H3,(H,21,29)/t16-,17+/m1/s1. The summed E-state index contributed by atoms with van der Waals surface area (Å²) in [4.78, 5) is 26.1. The molecule has 2 heterocycles. The minimum Gasteiger partial charge on any atom is -0.447 e. The van der Waals surface area contributed by atoms with Crippen LogP contribution in [0.15, 0.2) is 59.5 Å². The third-order valence-electron chi connectivity index (χ3n) is 5.02. The number of amides is 2. The molecule has 0 aliphatic carbocycles. The molecule has 2 atom stereocenters. The van der Waals surface area contributed by atoms with Crippen LogP contribution in [0.2, 0.25) is 0 Å². The van der Waals surface area contributed by atoms with Crippen molar-refractivity contribution in [1.29, 1.82) is 0 Å². The molecule has 0 aromatic heterocycles. The summed E-state index contributed by atoms with van der Waals surface area (Å²) in [7, 11) is -4.06. The third-order valence-corrected chi connectivity index (χ3v) is 7.25. The van der Waals surface area contributed by atoms with Crippen LogP contribution in [0.5, 0.6) is 0 Å². The van der Waals surface area contributed by atoms with Crippen molar-refractivity contribution in [2.45, 2.75) is 23.9 Å². The van der Waals surface area contributed by atoms with Crippen molar-refractivity contribution in [3.05, 3.63) is 65.7 Å². The van der Waals surface area contributed by atoms with Gasteiger partial charge in [0.1, 0.15) is 18.7 Å². The topological polar surface area (TPSA) is 96.0 Å². The first-order valence-electron chi connectivity index (χ1n) is 9.25. The van der Waals surface area contributed by atoms with Crippen LogP contribution in [0, 0.1) is 6.92 Å². The number of ether oxygens (including phenoxy) is 1. The van der Waals surface area contributed by atoms with E-state index in [4.69, 9.17) is 17.0 Å². The minimum absolute atomic E-state index is 0.0560. The summed E-state index contributed by atoms with van der Waals surface area (Å²) in [6, 6.07) is 13.1. The van der Waals surface area contributed by atoms with Gasteiger partial charge in [0.2, 0.25) is 0 Å². The monoisotopic (exact) mass is 445 g/mol. The molecular weight excluding hydrogens is 426 g/mol. The van der Waals surface area contributed by atoms with Gasteiger partial charge in [-0.2, -0.15) is 0 Å². The summed E-state index contributed by atoms with van der Waals surface area (Å²) in [5.74, 6) is -0.586. The molecule has 2 amide bonds. The molecule has 2 fully saturated rings. The second kappa shape index (κ2) is 7.69. The van der Waals surface area contributed by atoms with E-state index in [1.54, 1.807) is 36.4 Å². The fraction of sp³-hybridized carbons (Fsp3) is 0.250. The molecule has 2 aromatic rings. The highest BCUT2D eigenvalue weighted by atomic mass is 32.2. The molecule has 0 spiro atoms. The van der Waals surface area contributed by atoms with Gasteiger partial charge in [0.05, 0.1) is 11.4 Å². The van der Waals surface area contributed by atoms with E-state index < -0.39 is 34.1 Å². The lowest BCUT2D eigenvalue weighted by molar-refractivity contribution is -0.130. The van der Waals surface area contributed by atoms with Crippen LogP contribution in [0.3, 0.4) is 0 Å². The molecular formula is C20H19N3O5S2. The highest BCUT2D eigenvalue weighted by Gasteiger charge is 2.50. The summed E-state index contributed by atoms with van der Waals surface area (Å²) in [6.45, 7) is 2.08. The molecule has 30 heavy (non-hydrogen) atoms. The molecule has 0 bridgehead atoms. The first kappa shape index (κ1) is 20.3. The molecule has 4 rings (SSSR count). The minimum atomic E-state index is -4.06. The normalized spacial score (nSPS) is 21.5. The smallest absolute Gasteiger partial charge is 0.416 e. The summed E-state index contributed by atoms with van der Waals surface area (Å²) < 4.78 is 32.8. The Hall–Kier alpha value is -2.98. The van der Waals surface area contributed by atoms with Gasteiger partial charge in [0.25, 0.3) is 15.9 Å². The number of aryl methyl sites for hydroxylation is 1. The van der Waals surface area contributed by atoms with E-state index in [1.807, 2.05) is 13.0 Å². The zero-order valence-electron chi connectivity index (χ0n) is 16.0. The summed E-state index contributed by atoms with van der Waals surface area (Å²) in [5, 5.41) is 2.72. The number of sulfonamides is 1. The van der Waals surface area contributed by atoms with Crippen molar-refractivity contribution in [3.63, 3.8) is 0 Å². The largest absolute Gasteiger partial charge is 0.447 e. The quantitative estimate of drug-likeness (QED) is 0.719. The van der Waals surface area contributed by atoms with Gasteiger partial charge < -0.3 is 10.1 Å². The van der Waals surface area contributed by atoms with Crippen molar-refractivity contribution in [3.8, 4) is 0 Å². The second-order valence-corrected chi connectivity index (χ2v) is 9.21. The third kappa shape index (κ3) is 3.41. The lowest BCUT2D eigenvalue weighted by Gasteiger charge is -2.28. The van der Waals surface area contributed by atoms with Gasteiger partial charge in [-0.3, -0.25) is 4.79 Å². The van der Waals surface area contributed by atoms with Gasteiger partial charge >= 0.3 is 6.09 Å². The maximum Gasteiger partial charge on any atom is 0.416 e. The highest BCUT2D eigenvalue weighted by molar-refractivity contribution is 7.91. The number of rotatable bonds is 4. The zero-order valence-corrected chi connectivity index (χ0v) is 17.7. The maximum atomic E-state index is 13.4. The Kier molecular flexibility index (Phi) is 5.20. The SMILES string of the molecule is Cc1cccc([C@H]2[C@H](C(=O)N3CCOC3=O)NC(=S)N2S(=O)(=O)c2ccccc2)c1. The Bertz CT molecular complexity index is 1120. The van der Waals surface area contributed by atoms with E-state index in [-0.39, 0.29) is 23.2 Å². The Morgan fingerprint density at radius 1 is 1.17 bits per heavy atom. The Morgan fingerprint density at radius 3 is 2.53 bits per heavy atom. The fourth-order valence-electron chi connectivity index (χ4n) is 3.64. The van der Waals surface area contributed by atoms with Gasteiger partial charge in [0, 0.05) is 0 Å². The molecule has 0 radical (unpaired) electrons. The van der Waals surface area contributed by atoms with E-state index in [9.17, 15) is 18.0 Å². The molecule has 10 heteroatoms. The van der Waals surface area contributed by atoms with E-state index in [2.05, 4.69) is 5.32 Å². The van der Waals surface area contributed by atoms with E-state index in [0.29, 0.717) is 5.56 Å². The molecule has 2 aliphatic rings. The van der Waals surface area contributed by atoms with Gasteiger partial charge in [-0.15, -0.1) is 0 Å². The molecule has 156 valence electrons. The molecule has 2 saturated heterocycles. The first-order chi connectivity index (χ1) is 14.3. The average Bonchev–Trinajstić information content (AvgIpc) is 3.31. The van der Waals surface area contributed by atoms with E-state index in [1.165, 1.54) is 12.1 Å². The van der Waals surface area contributed by atoms with E-state index >= 15 is 0 Å². The van der Waals surface area contributed by atoms with Gasteiger partial charge in [-0.05, 0) is 36.8 Å². The number of hydrogen-bond donors (Lipinski definition) is 1. The van der Waals surface area contributed by atoms with Crippen LogP contribution >= 0.6 is 12.2 Å². The summed E-state index contributed by atoms with van der Waals surface area (Å²) in [5.41, 5.74) is 1.49. The van der Waals surface area contributed by atoms with Gasteiger partial charge in [0.15, 0.2) is 5.11 Å². The number of nitrogens with zero attached hydrogens (tertiary/aromatic N) is 2. The van der Waals surface area contributed by atoms with E-state index in [0.717, 1.165) is 14.8 Å². The van der Waals surface area contributed by atoms with Crippen molar-refractivity contribution in [2.75, 3.05) is 13.2 Å². The van der Waals surface area contributed by atoms with Crippen LogP contribution < -0.4 is 5.32 Å². The Labute approximate surface area is 179 Å².